The van der Waals surface area contributed by atoms with E-state index in [4.69, 9.17) is 0 Å². The molecule has 1 heterocycles. The molecule has 25 heavy (non-hydrogen) atoms. The minimum absolute atomic E-state index is 0.0262. The second-order valence-corrected chi connectivity index (χ2v) is 8.37. The van der Waals surface area contributed by atoms with Gasteiger partial charge in [0.2, 0.25) is 11.0 Å². The van der Waals surface area contributed by atoms with E-state index in [2.05, 4.69) is 26.9 Å². The molecule has 0 bridgehead atoms. The van der Waals surface area contributed by atoms with Gasteiger partial charge >= 0.3 is 0 Å². The van der Waals surface area contributed by atoms with Gasteiger partial charge in [-0.1, -0.05) is 54.6 Å². The summed E-state index contributed by atoms with van der Waals surface area (Å²) in [4.78, 5) is 12.1. The zero-order valence-electron chi connectivity index (χ0n) is 14.7. The molecule has 0 spiro atoms. The number of amides is 1. The molecular weight excluding hydrogens is 354 g/mol. The summed E-state index contributed by atoms with van der Waals surface area (Å²) in [5.41, 5.74) is 1.27. The first-order valence-corrected chi connectivity index (χ1v) is 9.65. The van der Waals surface area contributed by atoms with Gasteiger partial charge in [0, 0.05) is 5.69 Å². The fraction of sp³-hybridized carbons (Fsp3) is 0.412. The standard InChI is InChI=1S/C17H21N5OS2/c1-11(2)17(4,10-18)20-14(23)9-24-16-22-21-15(25-16)19-13-7-5-12(3)6-8-13/h5-8,11H,9H2,1-4H3,(H,19,21)(H,20,23)/t17-/m1/s1. The molecule has 8 heteroatoms. The first-order valence-electron chi connectivity index (χ1n) is 7.84. The molecule has 1 atom stereocenters. The molecule has 132 valence electrons. The van der Waals surface area contributed by atoms with E-state index in [9.17, 15) is 10.1 Å². The minimum Gasteiger partial charge on any atom is -0.337 e. The van der Waals surface area contributed by atoms with Crippen molar-refractivity contribution in [2.75, 3.05) is 11.1 Å². The summed E-state index contributed by atoms with van der Waals surface area (Å²) in [6, 6.07) is 10.2. The fourth-order valence-electron chi connectivity index (χ4n) is 1.83. The maximum atomic E-state index is 12.1. The Bertz CT molecular complexity index is 766. The van der Waals surface area contributed by atoms with Crippen molar-refractivity contribution in [3.63, 3.8) is 0 Å². The number of nitriles is 1. The van der Waals surface area contributed by atoms with E-state index >= 15 is 0 Å². The Morgan fingerprint density at radius 2 is 2.04 bits per heavy atom. The van der Waals surface area contributed by atoms with Crippen LogP contribution in [0.3, 0.4) is 0 Å². The summed E-state index contributed by atoms with van der Waals surface area (Å²) in [7, 11) is 0. The third-order valence-corrected chi connectivity index (χ3v) is 5.79. The molecule has 1 aromatic carbocycles. The monoisotopic (exact) mass is 375 g/mol. The van der Waals surface area contributed by atoms with Crippen molar-refractivity contribution >= 4 is 39.8 Å². The average Bonchev–Trinajstić information content (AvgIpc) is 3.02. The first kappa shape index (κ1) is 19.2. The lowest BCUT2D eigenvalue weighted by Gasteiger charge is -2.27. The van der Waals surface area contributed by atoms with Crippen LogP contribution >= 0.6 is 23.1 Å². The van der Waals surface area contributed by atoms with Crippen LogP contribution in [0, 0.1) is 24.2 Å². The van der Waals surface area contributed by atoms with E-state index in [-0.39, 0.29) is 17.6 Å². The summed E-state index contributed by atoms with van der Waals surface area (Å²) in [6.07, 6.45) is 0. The van der Waals surface area contributed by atoms with E-state index in [0.717, 1.165) is 5.69 Å². The van der Waals surface area contributed by atoms with E-state index in [1.54, 1.807) is 6.92 Å². The molecule has 1 amide bonds. The number of aromatic nitrogens is 2. The van der Waals surface area contributed by atoms with E-state index in [1.165, 1.54) is 28.7 Å². The summed E-state index contributed by atoms with van der Waals surface area (Å²) < 4.78 is 0.702. The number of hydrogen-bond donors (Lipinski definition) is 2. The summed E-state index contributed by atoms with van der Waals surface area (Å²) >= 11 is 2.70. The molecule has 0 saturated heterocycles. The van der Waals surface area contributed by atoms with Crippen LogP contribution in [0.2, 0.25) is 0 Å². The highest BCUT2D eigenvalue weighted by molar-refractivity contribution is 8.01. The van der Waals surface area contributed by atoms with Crippen molar-refractivity contribution < 1.29 is 4.79 Å². The van der Waals surface area contributed by atoms with Crippen molar-refractivity contribution in [2.24, 2.45) is 5.92 Å². The summed E-state index contributed by atoms with van der Waals surface area (Å²) in [5, 5.41) is 24.1. The highest BCUT2D eigenvalue weighted by Gasteiger charge is 2.29. The molecule has 2 N–H and O–H groups in total. The number of benzene rings is 1. The SMILES string of the molecule is Cc1ccc(Nc2nnc(SCC(=O)N[C@](C)(C#N)C(C)C)s2)cc1. The van der Waals surface area contributed by atoms with Gasteiger partial charge in [0.1, 0.15) is 5.54 Å². The van der Waals surface area contributed by atoms with Gasteiger partial charge in [-0.2, -0.15) is 5.26 Å². The zero-order valence-corrected chi connectivity index (χ0v) is 16.3. The Balaban J connectivity index is 1.88. The number of aryl methyl sites for hydroxylation is 1. The largest absolute Gasteiger partial charge is 0.337 e. The normalized spacial score (nSPS) is 13.1. The molecule has 2 aromatic rings. The third kappa shape index (κ3) is 5.44. The van der Waals surface area contributed by atoms with Gasteiger partial charge in [-0.05, 0) is 31.9 Å². The lowest BCUT2D eigenvalue weighted by molar-refractivity contribution is -0.120. The molecule has 2 rings (SSSR count). The lowest BCUT2D eigenvalue weighted by atomic mass is 9.90. The molecule has 0 saturated carbocycles. The van der Waals surface area contributed by atoms with Gasteiger partial charge in [0.25, 0.3) is 0 Å². The Kier molecular flexibility index (Phi) is 6.39. The van der Waals surface area contributed by atoms with Crippen molar-refractivity contribution in [1.82, 2.24) is 15.5 Å². The minimum atomic E-state index is -0.864. The van der Waals surface area contributed by atoms with Crippen LogP contribution in [-0.2, 0) is 4.79 Å². The smallest absolute Gasteiger partial charge is 0.231 e. The Labute approximate surface area is 156 Å². The summed E-state index contributed by atoms with van der Waals surface area (Å²) in [6.45, 7) is 7.58. The summed E-state index contributed by atoms with van der Waals surface area (Å²) in [5.74, 6) is 0.0349. The number of nitrogens with zero attached hydrogens (tertiary/aromatic N) is 3. The Morgan fingerprint density at radius 1 is 1.36 bits per heavy atom. The number of anilines is 2. The van der Waals surface area contributed by atoms with Crippen molar-refractivity contribution in [1.29, 1.82) is 5.26 Å². The Morgan fingerprint density at radius 3 is 2.64 bits per heavy atom. The highest BCUT2D eigenvalue weighted by atomic mass is 32.2. The maximum absolute atomic E-state index is 12.1. The van der Waals surface area contributed by atoms with E-state index < -0.39 is 5.54 Å². The molecular formula is C17H21N5OS2. The van der Waals surface area contributed by atoms with Gasteiger partial charge < -0.3 is 10.6 Å². The first-order chi connectivity index (χ1) is 11.8. The average molecular weight is 376 g/mol. The van der Waals surface area contributed by atoms with E-state index in [1.807, 2.05) is 45.0 Å². The topological polar surface area (TPSA) is 90.7 Å². The van der Waals surface area contributed by atoms with Crippen molar-refractivity contribution in [3.8, 4) is 6.07 Å². The second kappa shape index (κ2) is 8.32. The van der Waals surface area contributed by atoms with Gasteiger partial charge in [-0.3, -0.25) is 4.79 Å². The van der Waals surface area contributed by atoms with Gasteiger partial charge in [-0.15, -0.1) is 10.2 Å². The molecule has 1 aromatic heterocycles. The molecule has 0 fully saturated rings. The molecule has 0 aliphatic carbocycles. The van der Waals surface area contributed by atoms with Gasteiger partial charge in [-0.25, -0.2) is 0 Å². The highest BCUT2D eigenvalue weighted by Crippen LogP contribution is 2.28. The third-order valence-electron chi connectivity index (χ3n) is 3.82. The van der Waals surface area contributed by atoms with Crippen LogP contribution in [0.25, 0.3) is 0 Å². The maximum Gasteiger partial charge on any atom is 0.231 e. The number of carbonyl (C=O) groups is 1. The number of carbonyl (C=O) groups excluding carboxylic acids is 1. The Hall–Kier alpha value is -2.11. The predicted octanol–water partition coefficient (Wildman–Crippen LogP) is 3.74. The van der Waals surface area contributed by atoms with Crippen molar-refractivity contribution in [2.45, 2.75) is 37.6 Å². The van der Waals surface area contributed by atoms with Crippen LogP contribution in [0.1, 0.15) is 26.3 Å². The molecule has 0 unspecified atom stereocenters. The van der Waals surface area contributed by atoms with E-state index in [0.29, 0.717) is 9.47 Å². The quantitative estimate of drug-likeness (QED) is 0.717. The molecule has 0 aliphatic heterocycles. The predicted molar refractivity (Wildman–Crippen MR) is 102 cm³/mol. The number of rotatable bonds is 7. The second-order valence-electron chi connectivity index (χ2n) is 6.17. The fourth-order valence-corrected chi connectivity index (χ4v) is 3.41. The van der Waals surface area contributed by atoms with Crippen LogP contribution in [0.4, 0.5) is 10.8 Å². The number of thioether (sulfide) groups is 1. The van der Waals surface area contributed by atoms with Crippen LogP contribution in [0.5, 0.6) is 0 Å². The number of hydrogen-bond acceptors (Lipinski definition) is 7. The van der Waals surface area contributed by atoms with Gasteiger partial charge in [0.15, 0.2) is 4.34 Å². The molecule has 6 nitrogen and oxygen atoms in total. The van der Waals surface area contributed by atoms with Gasteiger partial charge in [0.05, 0.1) is 11.8 Å². The van der Waals surface area contributed by atoms with Crippen LogP contribution < -0.4 is 10.6 Å². The van der Waals surface area contributed by atoms with Crippen molar-refractivity contribution in [3.05, 3.63) is 29.8 Å². The van der Waals surface area contributed by atoms with Crippen LogP contribution in [-0.4, -0.2) is 27.4 Å². The molecule has 0 radical (unpaired) electrons. The molecule has 0 aliphatic rings. The number of nitrogens with one attached hydrogen (secondary N) is 2. The lowest BCUT2D eigenvalue weighted by Crippen LogP contribution is -2.49. The van der Waals surface area contributed by atoms with Crippen LogP contribution in [0.15, 0.2) is 28.6 Å². The zero-order chi connectivity index (χ0) is 18.4.